The molecule has 0 unspecified atom stereocenters. The maximum absolute atomic E-state index is 11.7. The molecule has 0 amide bonds. The van der Waals surface area contributed by atoms with Crippen molar-refractivity contribution in [3.05, 3.63) is 64.7 Å². The van der Waals surface area contributed by atoms with Crippen LogP contribution >= 0.6 is 0 Å². The molecule has 8 nitrogen and oxygen atoms in total. The maximum Gasteiger partial charge on any atom is 0.328 e. The predicted octanol–water partition coefficient (Wildman–Crippen LogP) is 3.86. The van der Waals surface area contributed by atoms with E-state index in [-0.39, 0.29) is 29.2 Å². The molecule has 0 aliphatic heterocycles. The summed E-state index contributed by atoms with van der Waals surface area (Å²) in [6.45, 7) is 0. The van der Waals surface area contributed by atoms with Gasteiger partial charge in [-0.05, 0) is 17.7 Å². The standard InChI is InChI=1S/C18H15N3O5/c1-24-15-11-16(25-2)20-18(19-15)26-14-10-6-9-13(17(14)21(22)23)12-7-4-3-5-8-12/h3-11H,1-2H3. The zero-order valence-corrected chi connectivity index (χ0v) is 14.1. The van der Waals surface area contributed by atoms with E-state index in [4.69, 9.17) is 14.2 Å². The van der Waals surface area contributed by atoms with Gasteiger partial charge in [0.05, 0.1) is 30.8 Å². The Balaban J connectivity index is 2.07. The largest absolute Gasteiger partial charge is 0.481 e. The van der Waals surface area contributed by atoms with Crippen LogP contribution < -0.4 is 14.2 Å². The number of benzene rings is 2. The van der Waals surface area contributed by atoms with Crippen molar-refractivity contribution in [2.24, 2.45) is 0 Å². The van der Waals surface area contributed by atoms with Gasteiger partial charge in [-0.1, -0.05) is 36.4 Å². The third-order valence-electron chi connectivity index (χ3n) is 3.54. The summed E-state index contributed by atoms with van der Waals surface area (Å²) in [4.78, 5) is 19.3. The van der Waals surface area contributed by atoms with Crippen LogP contribution in [0.5, 0.6) is 23.5 Å². The molecule has 0 aliphatic carbocycles. The second-order valence-corrected chi connectivity index (χ2v) is 5.11. The number of hydrogen-bond donors (Lipinski definition) is 0. The van der Waals surface area contributed by atoms with Crippen LogP contribution in [0.3, 0.4) is 0 Å². The molecule has 0 fully saturated rings. The molecular formula is C18H15N3O5. The van der Waals surface area contributed by atoms with E-state index in [1.807, 2.05) is 18.2 Å². The fourth-order valence-corrected chi connectivity index (χ4v) is 2.38. The third-order valence-corrected chi connectivity index (χ3v) is 3.54. The lowest BCUT2D eigenvalue weighted by Gasteiger charge is -2.10. The Bertz CT molecular complexity index is 909. The molecule has 8 heteroatoms. The highest BCUT2D eigenvalue weighted by atomic mass is 16.6. The van der Waals surface area contributed by atoms with Crippen molar-refractivity contribution in [3.8, 4) is 34.6 Å². The molecule has 3 rings (SSSR count). The second-order valence-electron chi connectivity index (χ2n) is 5.11. The molecule has 2 aromatic carbocycles. The van der Waals surface area contributed by atoms with Crippen molar-refractivity contribution in [1.82, 2.24) is 9.97 Å². The Morgan fingerprint density at radius 3 is 2.15 bits per heavy atom. The van der Waals surface area contributed by atoms with Crippen molar-refractivity contribution < 1.29 is 19.1 Å². The van der Waals surface area contributed by atoms with Crippen LogP contribution in [-0.2, 0) is 0 Å². The summed E-state index contributed by atoms with van der Waals surface area (Å²) in [6, 6.07) is 15.2. The minimum atomic E-state index is -0.491. The molecule has 3 aromatic rings. The second kappa shape index (κ2) is 7.47. The summed E-state index contributed by atoms with van der Waals surface area (Å²) in [6.07, 6.45) is 0. The predicted molar refractivity (Wildman–Crippen MR) is 93.7 cm³/mol. The number of nitro groups is 1. The number of para-hydroxylation sites is 1. The van der Waals surface area contributed by atoms with Crippen LogP contribution in [-0.4, -0.2) is 29.1 Å². The van der Waals surface area contributed by atoms with Crippen molar-refractivity contribution in [2.45, 2.75) is 0 Å². The number of aromatic nitrogens is 2. The van der Waals surface area contributed by atoms with Crippen molar-refractivity contribution in [3.63, 3.8) is 0 Å². The van der Waals surface area contributed by atoms with Gasteiger partial charge in [0.15, 0.2) is 0 Å². The van der Waals surface area contributed by atoms with Gasteiger partial charge >= 0.3 is 11.7 Å². The van der Waals surface area contributed by atoms with Crippen LogP contribution in [0, 0.1) is 10.1 Å². The summed E-state index contributed by atoms with van der Waals surface area (Å²) >= 11 is 0. The first kappa shape index (κ1) is 17.2. The van der Waals surface area contributed by atoms with Gasteiger partial charge in [0.2, 0.25) is 17.5 Å². The minimum absolute atomic E-state index is 0.0201. The fraction of sp³-hybridized carbons (Fsp3) is 0.111. The first-order chi connectivity index (χ1) is 12.6. The van der Waals surface area contributed by atoms with Crippen LogP contribution in [0.4, 0.5) is 5.69 Å². The Morgan fingerprint density at radius 2 is 1.58 bits per heavy atom. The Hall–Kier alpha value is -3.68. The first-order valence-corrected chi connectivity index (χ1v) is 7.60. The molecule has 0 saturated carbocycles. The van der Waals surface area contributed by atoms with E-state index < -0.39 is 4.92 Å². The third kappa shape index (κ3) is 3.54. The summed E-state index contributed by atoms with van der Waals surface area (Å²) in [5.74, 6) is 0.453. The molecule has 0 bridgehead atoms. The number of rotatable bonds is 6. The average Bonchev–Trinajstić information content (AvgIpc) is 2.68. The van der Waals surface area contributed by atoms with Crippen molar-refractivity contribution in [1.29, 1.82) is 0 Å². The number of nitrogens with zero attached hydrogens (tertiary/aromatic N) is 3. The van der Waals surface area contributed by atoms with Gasteiger partial charge < -0.3 is 14.2 Å². The van der Waals surface area contributed by atoms with Crippen LogP contribution in [0.15, 0.2) is 54.6 Å². The number of methoxy groups -OCH3 is 2. The average molecular weight is 353 g/mol. The van der Waals surface area contributed by atoms with Gasteiger partial charge in [0, 0.05) is 0 Å². The SMILES string of the molecule is COc1cc(OC)nc(Oc2cccc(-c3ccccc3)c2[N+](=O)[O-])n1. The quantitative estimate of drug-likeness (QED) is 0.490. The highest BCUT2D eigenvalue weighted by Gasteiger charge is 2.23. The van der Waals surface area contributed by atoms with E-state index in [1.165, 1.54) is 26.4 Å². The highest BCUT2D eigenvalue weighted by Crippen LogP contribution is 2.39. The van der Waals surface area contributed by atoms with Crippen molar-refractivity contribution in [2.75, 3.05) is 14.2 Å². The van der Waals surface area contributed by atoms with Gasteiger partial charge in [-0.15, -0.1) is 0 Å². The van der Waals surface area contributed by atoms with Crippen molar-refractivity contribution >= 4 is 5.69 Å². The van der Waals surface area contributed by atoms with E-state index in [2.05, 4.69) is 9.97 Å². The Kier molecular flexibility index (Phi) is 4.93. The topological polar surface area (TPSA) is 96.6 Å². The first-order valence-electron chi connectivity index (χ1n) is 7.60. The number of hydrogen-bond acceptors (Lipinski definition) is 7. The van der Waals surface area contributed by atoms with E-state index >= 15 is 0 Å². The molecule has 0 radical (unpaired) electrons. The normalized spacial score (nSPS) is 10.2. The Morgan fingerprint density at radius 1 is 0.923 bits per heavy atom. The number of ether oxygens (including phenoxy) is 3. The number of nitro benzene ring substituents is 1. The van der Waals surface area contributed by atoms with Crippen LogP contribution in [0.1, 0.15) is 0 Å². The molecule has 26 heavy (non-hydrogen) atoms. The van der Waals surface area contributed by atoms with Gasteiger partial charge in [-0.25, -0.2) is 0 Å². The lowest BCUT2D eigenvalue weighted by molar-refractivity contribution is -0.385. The smallest absolute Gasteiger partial charge is 0.328 e. The lowest BCUT2D eigenvalue weighted by Crippen LogP contribution is -2.00. The maximum atomic E-state index is 11.7. The zero-order valence-electron chi connectivity index (χ0n) is 14.1. The van der Waals surface area contributed by atoms with E-state index in [9.17, 15) is 10.1 Å². The van der Waals surface area contributed by atoms with E-state index in [0.717, 1.165) is 0 Å². The lowest BCUT2D eigenvalue weighted by atomic mass is 10.0. The monoisotopic (exact) mass is 353 g/mol. The Labute approximate surface area is 149 Å². The van der Waals surface area contributed by atoms with E-state index in [1.54, 1.807) is 24.3 Å². The molecule has 1 aromatic heterocycles. The molecule has 0 aliphatic rings. The van der Waals surface area contributed by atoms with E-state index in [0.29, 0.717) is 11.1 Å². The summed E-state index contributed by atoms with van der Waals surface area (Å²) in [5, 5.41) is 11.7. The molecule has 132 valence electrons. The van der Waals surface area contributed by atoms with Crippen LogP contribution in [0.25, 0.3) is 11.1 Å². The zero-order chi connectivity index (χ0) is 18.5. The van der Waals surface area contributed by atoms with Gasteiger partial charge in [-0.3, -0.25) is 10.1 Å². The molecular weight excluding hydrogens is 338 g/mol. The summed E-state index contributed by atoms with van der Waals surface area (Å²) in [7, 11) is 2.87. The summed E-state index contributed by atoms with van der Waals surface area (Å²) in [5.41, 5.74) is 0.959. The minimum Gasteiger partial charge on any atom is -0.481 e. The van der Waals surface area contributed by atoms with Gasteiger partial charge in [0.25, 0.3) is 0 Å². The fourth-order valence-electron chi connectivity index (χ4n) is 2.38. The molecule has 0 atom stereocenters. The molecule has 0 N–H and O–H groups in total. The molecule has 0 saturated heterocycles. The van der Waals surface area contributed by atoms with Gasteiger partial charge in [0.1, 0.15) is 0 Å². The molecule has 0 spiro atoms. The van der Waals surface area contributed by atoms with Crippen LogP contribution in [0.2, 0.25) is 0 Å². The summed E-state index contributed by atoms with van der Waals surface area (Å²) < 4.78 is 15.7. The highest BCUT2D eigenvalue weighted by molar-refractivity contribution is 5.77. The van der Waals surface area contributed by atoms with Gasteiger partial charge in [-0.2, -0.15) is 9.97 Å². The molecule has 1 heterocycles.